The number of hydrogen-bond acceptors (Lipinski definition) is 6. The standard InChI is InChI=1S/C27H29N3O3/c1-19-11-12-24(32-19)22-17-23-21-9-6-10-25(31-2)26(21)33-27(30(23)28-22)13-15-29(16-14-27)18-20-7-4-3-5-8-20/h3-12,17,23,28H,13-16,18H2,1-2H3. The average Bonchev–Trinajstić information content (AvgIpc) is 3.48. The Morgan fingerprint density at radius 1 is 1.03 bits per heavy atom. The van der Waals surface area contributed by atoms with Crippen LogP contribution in [-0.2, 0) is 6.54 Å². The van der Waals surface area contributed by atoms with E-state index in [4.69, 9.17) is 13.9 Å². The van der Waals surface area contributed by atoms with Crippen molar-refractivity contribution in [3.8, 4) is 11.5 Å². The number of nitrogens with zero attached hydrogens (tertiary/aromatic N) is 2. The Morgan fingerprint density at radius 3 is 2.58 bits per heavy atom. The van der Waals surface area contributed by atoms with Crippen LogP contribution in [0.15, 0.2) is 71.2 Å². The van der Waals surface area contributed by atoms with Gasteiger partial charge in [0.15, 0.2) is 23.0 Å². The molecule has 1 N–H and O–H groups in total. The van der Waals surface area contributed by atoms with Crippen molar-refractivity contribution < 1.29 is 13.9 Å². The Hall–Kier alpha value is -3.22. The highest BCUT2D eigenvalue weighted by molar-refractivity contribution is 5.65. The maximum atomic E-state index is 6.83. The van der Waals surface area contributed by atoms with E-state index in [1.807, 2.05) is 31.2 Å². The lowest BCUT2D eigenvalue weighted by molar-refractivity contribution is -0.161. The van der Waals surface area contributed by atoms with Crippen LogP contribution in [0, 0.1) is 6.92 Å². The molecule has 33 heavy (non-hydrogen) atoms. The number of fused-ring (bicyclic) bond motifs is 4. The lowest BCUT2D eigenvalue weighted by Crippen LogP contribution is -2.63. The molecule has 0 saturated carbocycles. The molecule has 0 radical (unpaired) electrons. The van der Waals surface area contributed by atoms with Gasteiger partial charge in [-0.2, -0.15) is 5.01 Å². The van der Waals surface area contributed by atoms with Gasteiger partial charge in [0.05, 0.1) is 18.8 Å². The molecular weight excluding hydrogens is 414 g/mol. The number of para-hydroxylation sites is 1. The highest BCUT2D eigenvalue weighted by atomic mass is 16.5. The molecular formula is C27H29N3O3. The summed E-state index contributed by atoms with van der Waals surface area (Å²) in [5.41, 5.74) is 6.62. The van der Waals surface area contributed by atoms with Crippen LogP contribution in [0.3, 0.4) is 0 Å². The first-order chi connectivity index (χ1) is 16.1. The number of hydrazine groups is 1. The van der Waals surface area contributed by atoms with E-state index in [1.165, 1.54) is 5.56 Å². The van der Waals surface area contributed by atoms with Gasteiger partial charge < -0.3 is 19.3 Å². The summed E-state index contributed by atoms with van der Waals surface area (Å²) >= 11 is 0. The quantitative estimate of drug-likeness (QED) is 0.620. The van der Waals surface area contributed by atoms with Gasteiger partial charge in [0.2, 0.25) is 0 Å². The first-order valence-corrected chi connectivity index (χ1v) is 11.6. The third kappa shape index (κ3) is 3.50. The third-order valence-electron chi connectivity index (χ3n) is 7.01. The third-order valence-corrected chi connectivity index (χ3v) is 7.01. The van der Waals surface area contributed by atoms with Gasteiger partial charge in [0, 0.05) is 38.0 Å². The molecule has 0 amide bonds. The van der Waals surface area contributed by atoms with Crippen LogP contribution in [0.25, 0.3) is 5.70 Å². The lowest BCUT2D eigenvalue weighted by Gasteiger charge is -2.51. The fraction of sp³-hybridized carbons (Fsp3) is 0.333. The molecule has 6 rings (SSSR count). The number of likely N-dealkylation sites (tertiary alicyclic amines) is 1. The van der Waals surface area contributed by atoms with E-state index in [-0.39, 0.29) is 6.04 Å². The van der Waals surface area contributed by atoms with E-state index < -0.39 is 5.72 Å². The Bertz CT molecular complexity index is 1180. The van der Waals surface area contributed by atoms with E-state index >= 15 is 0 Å². The number of piperidine rings is 1. The summed E-state index contributed by atoms with van der Waals surface area (Å²) in [6, 6.07) is 20.9. The molecule has 0 aliphatic carbocycles. The number of ether oxygens (including phenoxy) is 2. The van der Waals surface area contributed by atoms with Crippen molar-refractivity contribution in [3.63, 3.8) is 0 Å². The minimum absolute atomic E-state index is 0.0462. The predicted octanol–water partition coefficient (Wildman–Crippen LogP) is 4.88. The van der Waals surface area contributed by atoms with Crippen molar-refractivity contribution in [1.29, 1.82) is 0 Å². The second-order valence-corrected chi connectivity index (χ2v) is 9.11. The summed E-state index contributed by atoms with van der Waals surface area (Å²) < 4.78 is 18.5. The Labute approximate surface area is 194 Å². The number of nitrogens with one attached hydrogen (secondary N) is 1. The molecule has 2 aromatic carbocycles. The Balaban J connectivity index is 1.32. The highest BCUT2D eigenvalue weighted by Crippen LogP contribution is 2.51. The molecule has 1 saturated heterocycles. The van der Waals surface area contributed by atoms with Crippen LogP contribution in [0.5, 0.6) is 11.5 Å². The molecule has 1 aromatic heterocycles. The van der Waals surface area contributed by atoms with E-state index in [1.54, 1.807) is 7.11 Å². The van der Waals surface area contributed by atoms with Gasteiger partial charge in [-0.15, -0.1) is 0 Å². The van der Waals surface area contributed by atoms with Crippen LogP contribution in [0.2, 0.25) is 0 Å². The molecule has 170 valence electrons. The van der Waals surface area contributed by atoms with Gasteiger partial charge in [-0.3, -0.25) is 4.90 Å². The molecule has 3 aromatic rings. The lowest BCUT2D eigenvalue weighted by atomic mass is 9.92. The Kier molecular flexibility index (Phi) is 4.93. The largest absolute Gasteiger partial charge is 0.493 e. The maximum Gasteiger partial charge on any atom is 0.183 e. The number of benzene rings is 2. The van der Waals surface area contributed by atoms with Crippen molar-refractivity contribution >= 4 is 5.70 Å². The molecule has 6 nitrogen and oxygen atoms in total. The first kappa shape index (κ1) is 20.4. The second kappa shape index (κ2) is 7.97. The van der Waals surface area contributed by atoms with Gasteiger partial charge in [-0.25, -0.2) is 0 Å². The van der Waals surface area contributed by atoms with Gasteiger partial charge in [0.1, 0.15) is 5.76 Å². The normalized spacial score (nSPS) is 21.6. The van der Waals surface area contributed by atoms with Crippen molar-refractivity contribution in [2.75, 3.05) is 20.2 Å². The Morgan fingerprint density at radius 2 is 1.85 bits per heavy atom. The first-order valence-electron chi connectivity index (χ1n) is 11.6. The molecule has 1 unspecified atom stereocenters. The van der Waals surface area contributed by atoms with E-state index in [2.05, 4.69) is 57.8 Å². The molecule has 0 bridgehead atoms. The summed E-state index contributed by atoms with van der Waals surface area (Å²) in [6.07, 6.45) is 4.02. The van der Waals surface area contributed by atoms with Crippen LogP contribution in [0.4, 0.5) is 0 Å². The second-order valence-electron chi connectivity index (χ2n) is 9.11. The minimum atomic E-state index is -0.459. The van der Waals surface area contributed by atoms with Crippen LogP contribution in [-0.4, -0.2) is 35.8 Å². The van der Waals surface area contributed by atoms with Gasteiger partial charge in [0.25, 0.3) is 0 Å². The van der Waals surface area contributed by atoms with Crippen LogP contribution in [0.1, 0.15) is 41.5 Å². The van der Waals surface area contributed by atoms with Crippen LogP contribution >= 0.6 is 0 Å². The molecule has 3 aliphatic rings. The van der Waals surface area contributed by atoms with Crippen molar-refractivity contribution in [3.05, 3.63) is 89.4 Å². The monoisotopic (exact) mass is 443 g/mol. The molecule has 3 aliphatic heterocycles. The zero-order chi connectivity index (χ0) is 22.4. The number of rotatable bonds is 4. The molecule has 4 heterocycles. The molecule has 1 fully saturated rings. The maximum absolute atomic E-state index is 6.83. The van der Waals surface area contributed by atoms with Crippen molar-refractivity contribution in [1.82, 2.24) is 15.3 Å². The summed E-state index contributed by atoms with van der Waals surface area (Å²) in [7, 11) is 1.71. The minimum Gasteiger partial charge on any atom is -0.493 e. The van der Waals surface area contributed by atoms with E-state index in [9.17, 15) is 0 Å². The zero-order valence-electron chi connectivity index (χ0n) is 19.1. The highest BCUT2D eigenvalue weighted by Gasteiger charge is 2.52. The van der Waals surface area contributed by atoms with E-state index in [0.717, 1.165) is 66.8 Å². The number of methoxy groups -OCH3 is 1. The zero-order valence-corrected chi connectivity index (χ0v) is 19.1. The SMILES string of the molecule is COc1cccc2c1OC1(CCN(Cc3ccccc3)CC1)N1NC(c3ccc(C)o3)=CC21. The van der Waals surface area contributed by atoms with Gasteiger partial charge in [-0.1, -0.05) is 42.5 Å². The fourth-order valence-electron chi connectivity index (χ4n) is 5.29. The number of furan rings is 1. The molecule has 1 spiro atoms. The molecule has 1 atom stereocenters. The topological polar surface area (TPSA) is 50.1 Å². The van der Waals surface area contributed by atoms with Crippen LogP contribution < -0.4 is 14.9 Å². The fourth-order valence-corrected chi connectivity index (χ4v) is 5.29. The van der Waals surface area contributed by atoms with E-state index in [0.29, 0.717) is 0 Å². The summed E-state index contributed by atoms with van der Waals surface area (Å²) in [5.74, 6) is 3.39. The number of hydrogen-bond donors (Lipinski definition) is 1. The van der Waals surface area contributed by atoms with Crippen molar-refractivity contribution in [2.24, 2.45) is 0 Å². The average molecular weight is 444 g/mol. The summed E-state index contributed by atoms with van der Waals surface area (Å²) in [5, 5.41) is 2.29. The summed E-state index contributed by atoms with van der Waals surface area (Å²) in [4.78, 5) is 2.51. The smallest absolute Gasteiger partial charge is 0.183 e. The predicted molar refractivity (Wildman–Crippen MR) is 126 cm³/mol. The number of aryl methyl sites for hydroxylation is 1. The van der Waals surface area contributed by atoms with Gasteiger partial charge >= 0.3 is 0 Å². The molecule has 6 heteroatoms. The van der Waals surface area contributed by atoms with Gasteiger partial charge in [-0.05, 0) is 36.8 Å². The van der Waals surface area contributed by atoms with Crippen molar-refractivity contribution in [2.45, 2.75) is 38.1 Å². The summed E-state index contributed by atoms with van der Waals surface area (Å²) in [6.45, 7) is 4.85.